The zero-order valence-corrected chi connectivity index (χ0v) is 22.0. The van der Waals surface area contributed by atoms with E-state index in [4.69, 9.17) is 16.3 Å². The van der Waals surface area contributed by atoms with Crippen molar-refractivity contribution in [2.75, 3.05) is 5.32 Å². The Morgan fingerprint density at radius 2 is 1.78 bits per heavy atom. The Bertz CT molecular complexity index is 1440. The molecular formula is C30H31ClN2O4. The number of halogens is 1. The van der Waals surface area contributed by atoms with E-state index in [0.717, 1.165) is 35.3 Å². The Morgan fingerprint density at radius 1 is 1.03 bits per heavy atom. The standard InChI is InChI=1S/C30H31ClN2O4/c1-4-5-12-27(34)32-28-25-14-13-22(21-9-7-11-24(16-21)37-19(2)3)17-26(25)33(29(28)30(35)36)18-20-8-6-10-23(31)15-20/h6-11,13-17,19H,4-5,12,18H2,1-3H3,(H,32,34)(H,35,36). The van der Waals surface area contributed by atoms with E-state index in [1.165, 1.54) is 0 Å². The smallest absolute Gasteiger partial charge is 0.354 e. The van der Waals surface area contributed by atoms with Gasteiger partial charge >= 0.3 is 5.97 Å². The molecule has 2 N–H and O–H groups in total. The summed E-state index contributed by atoms with van der Waals surface area (Å²) < 4.78 is 7.60. The molecule has 0 saturated heterocycles. The lowest BCUT2D eigenvalue weighted by atomic mass is 10.0. The normalized spacial score (nSPS) is 11.2. The molecule has 7 heteroatoms. The van der Waals surface area contributed by atoms with Crippen LogP contribution in [-0.4, -0.2) is 27.7 Å². The predicted octanol–water partition coefficient (Wildman–Crippen LogP) is 7.62. The minimum Gasteiger partial charge on any atom is -0.491 e. The second-order valence-electron chi connectivity index (χ2n) is 9.32. The number of carbonyl (C=O) groups excluding carboxylic acids is 1. The summed E-state index contributed by atoms with van der Waals surface area (Å²) in [6.07, 6.45) is 1.98. The van der Waals surface area contributed by atoms with Crippen molar-refractivity contribution in [1.82, 2.24) is 4.57 Å². The van der Waals surface area contributed by atoms with Crippen LogP contribution in [0.15, 0.2) is 66.7 Å². The molecular weight excluding hydrogens is 488 g/mol. The summed E-state index contributed by atoms with van der Waals surface area (Å²) in [6, 6.07) is 20.9. The molecule has 1 aromatic heterocycles. The second kappa shape index (κ2) is 11.5. The van der Waals surface area contributed by atoms with Crippen LogP contribution in [-0.2, 0) is 11.3 Å². The van der Waals surface area contributed by atoms with Gasteiger partial charge in [-0.15, -0.1) is 0 Å². The average Bonchev–Trinajstić information content (AvgIpc) is 3.15. The van der Waals surface area contributed by atoms with Crippen molar-refractivity contribution < 1.29 is 19.4 Å². The zero-order valence-electron chi connectivity index (χ0n) is 21.3. The molecule has 3 aromatic carbocycles. The Morgan fingerprint density at radius 3 is 2.49 bits per heavy atom. The van der Waals surface area contributed by atoms with Gasteiger partial charge in [0.05, 0.1) is 17.3 Å². The number of anilines is 1. The van der Waals surface area contributed by atoms with Gasteiger partial charge in [-0.05, 0) is 67.3 Å². The van der Waals surface area contributed by atoms with Gasteiger partial charge in [0, 0.05) is 23.4 Å². The molecule has 0 unspecified atom stereocenters. The van der Waals surface area contributed by atoms with Crippen LogP contribution in [0.1, 0.15) is 56.1 Å². The molecule has 0 saturated carbocycles. The van der Waals surface area contributed by atoms with Gasteiger partial charge in [0.1, 0.15) is 5.75 Å². The van der Waals surface area contributed by atoms with Gasteiger partial charge in [0.2, 0.25) is 5.91 Å². The number of carboxylic acid groups (broad SMARTS) is 1. The van der Waals surface area contributed by atoms with Crippen LogP contribution in [0.3, 0.4) is 0 Å². The molecule has 0 fully saturated rings. The molecule has 0 atom stereocenters. The molecule has 37 heavy (non-hydrogen) atoms. The minimum atomic E-state index is -1.11. The maximum Gasteiger partial charge on any atom is 0.354 e. The van der Waals surface area contributed by atoms with E-state index >= 15 is 0 Å². The molecule has 0 aliphatic carbocycles. The number of nitrogens with zero attached hydrogens (tertiary/aromatic N) is 1. The van der Waals surface area contributed by atoms with Gasteiger partial charge in [-0.1, -0.05) is 61.3 Å². The predicted molar refractivity (Wildman–Crippen MR) is 149 cm³/mol. The molecule has 6 nitrogen and oxygen atoms in total. The fraction of sp³-hybridized carbons (Fsp3) is 0.267. The maximum atomic E-state index is 12.7. The lowest BCUT2D eigenvalue weighted by Gasteiger charge is -2.12. The monoisotopic (exact) mass is 518 g/mol. The third kappa shape index (κ3) is 6.15. The van der Waals surface area contributed by atoms with Gasteiger partial charge in [-0.3, -0.25) is 4.79 Å². The van der Waals surface area contributed by atoms with Crippen LogP contribution in [0.2, 0.25) is 5.02 Å². The molecule has 4 aromatic rings. The Hall–Kier alpha value is -3.77. The topological polar surface area (TPSA) is 80.6 Å². The number of ether oxygens (including phenoxy) is 1. The van der Waals surface area contributed by atoms with Gasteiger partial charge in [0.15, 0.2) is 5.69 Å². The summed E-state index contributed by atoms with van der Waals surface area (Å²) in [5.74, 6) is -0.552. The molecule has 0 spiro atoms. The van der Waals surface area contributed by atoms with Crippen LogP contribution < -0.4 is 10.1 Å². The van der Waals surface area contributed by atoms with Crippen LogP contribution >= 0.6 is 11.6 Å². The second-order valence-corrected chi connectivity index (χ2v) is 9.76. The highest BCUT2D eigenvalue weighted by molar-refractivity contribution is 6.30. The van der Waals surface area contributed by atoms with Crippen molar-refractivity contribution in [3.63, 3.8) is 0 Å². The van der Waals surface area contributed by atoms with Crippen molar-refractivity contribution in [3.8, 4) is 16.9 Å². The first-order chi connectivity index (χ1) is 17.8. The molecule has 0 aliphatic rings. The molecule has 0 aliphatic heterocycles. The molecule has 1 amide bonds. The maximum absolute atomic E-state index is 12.7. The summed E-state index contributed by atoms with van der Waals surface area (Å²) in [5, 5.41) is 14.4. The molecule has 4 rings (SSSR count). The molecule has 0 bridgehead atoms. The van der Waals surface area contributed by atoms with Gasteiger partial charge < -0.3 is 19.7 Å². The van der Waals surface area contributed by atoms with Crippen LogP contribution in [0.25, 0.3) is 22.0 Å². The number of benzene rings is 3. The van der Waals surface area contributed by atoms with Gasteiger partial charge in [0.25, 0.3) is 0 Å². The summed E-state index contributed by atoms with van der Waals surface area (Å²) in [4.78, 5) is 25.2. The number of nitrogens with one attached hydrogen (secondary N) is 1. The first-order valence-electron chi connectivity index (χ1n) is 12.5. The quantitative estimate of drug-likeness (QED) is 0.226. The molecule has 1 heterocycles. The van der Waals surface area contributed by atoms with Crippen LogP contribution in [0.5, 0.6) is 5.75 Å². The number of carbonyl (C=O) groups is 2. The largest absolute Gasteiger partial charge is 0.491 e. The lowest BCUT2D eigenvalue weighted by Crippen LogP contribution is -2.16. The van der Waals surface area contributed by atoms with Crippen LogP contribution in [0.4, 0.5) is 5.69 Å². The van der Waals surface area contributed by atoms with E-state index in [9.17, 15) is 14.7 Å². The van der Waals surface area contributed by atoms with Crippen LogP contribution in [0, 0.1) is 0 Å². The highest BCUT2D eigenvalue weighted by Crippen LogP contribution is 2.36. The highest BCUT2D eigenvalue weighted by atomic mass is 35.5. The van der Waals surface area contributed by atoms with E-state index < -0.39 is 5.97 Å². The molecule has 0 radical (unpaired) electrons. The minimum absolute atomic E-state index is 0.0360. The number of aromatic carboxylic acids is 1. The van der Waals surface area contributed by atoms with E-state index in [2.05, 4.69) is 5.32 Å². The number of carboxylic acids is 1. The third-order valence-electron chi connectivity index (χ3n) is 6.06. The third-order valence-corrected chi connectivity index (χ3v) is 6.29. The fourth-order valence-corrected chi connectivity index (χ4v) is 4.63. The summed E-state index contributed by atoms with van der Waals surface area (Å²) in [7, 11) is 0. The van der Waals surface area contributed by atoms with Crippen molar-refractivity contribution >= 4 is 40.1 Å². The number of hydrogen-bond donors (Lipinski definition) is 2. The Labute approximate surface area is 221 Å². The Balaban J connectivity index is 1.88. The molecule has 192 valence electrons. The number of aromatic nitrogens is 1. The van der Waals surface area contributed by atoms with E-state index in [0.29, 0.717) is 28.0 Å². The number of amides is 1. The van der Waals surface area contributed by atoms with Crippen molar-refractivity contribution in [1.29, 1.82) is 0 Å². The Kier molecular flexibility index (Phi) is 8.19. The van der Waals surface area contributed by atoms with E-state index in [1.807, 2.05) is 81.4 Å². The van der Waals surface area contributed by atoms with Crippen molar-refractivity contribution in [2.24, 2.45) is 0 Å². The van der Waals surface area contributed by atoms with Crippen molar-refractivity contribution in [2.45, 2.75) is 52.7 Å². The summed E-state index contributed by atoms with van der Waals surface area (Å²) >= 11 is 6.22. The fourth-order valence-electron chi connectivity index (χ4n) is 4.42. The van der Waals surface area contributed by atoms with Crippen molar-refractivity contribution in [3.05, 3.63) is 83.0 Å². The average molecular weight is 519 g/mol. The highest BCUT2D eigenvalue weighted by Gasteiger charge is 2.24. The van der Waals surface area contributed by atoms with E-state index in [1.54, 1.807) is 10.6 Å². The van der Waals surface area contributed by atoms with Gasteiger partial charge in [-0.25, -0.2) is 4.79 Å². The van der Waals surface area contributed by atoms with Gasteiger partial charge in [-0.2, -0.15) is 0 Å². The number of rotatable bonds is 10. The lowest BCUT2D eigenvalue weighted by molar-refractivity contribution is -0.116. The summed E-state index contributed by atoms with van der Waals surface area (Å²) in [6.45, 7) is 6.25. The first-order valence-corrected chi connectivity index (χ1v) is 12.9. The number of hydrogen-bond acceptors (Lipinski definition) is 3. The first kappa shape index (κ1) is 26.3. The number of fused-ring (bicyclic) bond motifs is 1. The summed E-state index contributed by atoms with van der Waals surface area (Å²) in [5.41, 5.74) is 3.76. The SMILES string of the molecule is CCCCC(=O)Nc1c(C(=O)O)n(Cc2cccc(Cl)c2)c2cc(-c3cccc(OC(C)C)c3)ccc12. The van der Waals surface area contributed by atoms with E-state index in [-0.39, 0.29) is 24.2 Å². The zero-order chi connectivity index (χ0) is 26.5. The number of unbranched alkanes of at least 4 members (excludes halogenated alkanes) is 1.